The van der Waals surface area contributed by atoms with Crippen molar-refractivity contribution in [2.75, 3.05) is 5.84 Å². The second kappa shape index (κ2) is 5.63. The van der Waals surface area contributed by atoms with Crippen LogP contribution < -0.4 is 5.84 Å². The van der Waals surface area contributed by atoms with Crippen LogP contribution in [0.4, 0.5) is 0 Å². The minimum atomic E-state index is -1.02. The summed E-state index contributed by atoms with van der Waals surface area (Å²) >= 11 is 1.31. The molecule has 1 fully saturated rings. The van der Waals surface area contributed by atoms with Gasteiger partial charge in [0, 0.05) is 10.8 Å². The van der Waals surface area contributed by atoms with Crippen LogP contribution >= 0.6 is 11.3 Å². The van der Waals surface area contributed by atoms with Gasteiger partial charge in [0.15, 0.2) is 5.69 Å². The predicted octanol–water partition coefficient (Wildman–Crippen LogP) is 4.08. The van der Waals surface area contributed by atoms with Gasteiger partial charge in [0.25, 0.3) is 0 Å². The van der Waals surface area contributed by atoms with Crippen LogP contribution in [0.3, 0.4) is 0 Å². The van der Waals surface area contributed by atoms with Gasteiger partial charge in [0.2, 0.25) is 0 Å². The standard InChI is InChI=1S/C18H19N3O2S/c1-10-4-2-6-12(10)13-7-3-5-11-8-15(21(19)16(11)13)17-20-14(9-24-17)18(22)23/h3,5,7-10,12H,2,4,6,19H2,1H3,(H,22,23). The van der Waals surface area contributed by atoms with E-state index in [1.807, 2.05) is 6.07 Å². The van der Waals surface area contributed by atoms with Crippen LogP contribution in [0.5, 0.6) is 0 Å². The number of para-hydroxylation sites is 1. The van der Waals surface area contributed by atoms with Gasteiger partial charge >= 0.3 is 5.97 Å². The molecule has 2 unspecified atom stereocenters. The van der Waals surface area contributed by atoms with Gasteiger partial charge in [-0.1, -0.05) is 38.0 Å². The largest absolute Gasteiger partial charge is 0.476 e. The maximum absolute atomic E-state index is 11.1. The summed E-state index contributed by atoms with van der Waals surface area (Å²) in [6, 6.07) is 8.31. The van der Waals surface area contributed by atoms with E-state index >= 15 is 0 Å². The lowest BCUT2D eigenvalue weighted by Crippen LogP contribution is -2.12. The van der Waals surface area contributed by atoms with Gasteiger partial charge in [-0.25, -0.2) is 9.78 Å². The molecule has 1 aromatic carbocycles. The Balaban J connectivity index is 1.87. The zero-order valence-corrected chi connectivity index (χ0v) is 14.2. The van der Waals surface area contributed by atoms with E-state index in [0.717, 1.165) is 16.6 Å². The van der Waals surface area contributed by atoms with Gasteiger partial charge in [0.1, 0.15) is 5.01 Å². The Hall–Kier alpha value is -2.34. The number of carboxylic acid groups (broad SMARTS) is 1. The van der Waals surface area contributed by atoms with Crippen molar-refractivity contribution in [2.45, 2.75) is 32.1 Å². The Bertz CT molecular complexity index is 928. The molecule has 0 amide bonds. The van der Waals surface area contributed by atoms with Crippen molar-refractivity contribution in [3.8, 4) is 10.7 Å². The molecule has 0 saturated heterocycles. The maximum atomic E-state index is 11.1. The molecular weight excluding hydrogens is 322 g/mol. The molecule has 1 saturated carbocycles. The molecule has 6 heteroatoms. The molecule has 0 radical (unpaired) electrons. The first-order chi connectivity index (χ1) is 11.6. The minimum absolute atomic E-state index is 0.0601. The fraction of sp³-hybridized carbons (Fsp3) is 0.333. The van der Waals surface area contributed by atoms with Crippen LogP contribution in [0.25, 0.3) is 21.6 Å². The predicted molar refractivity (Wildman–Crippen MR) is 95.9 cm³/mol. The summed E-state index contributed by atoms with van der Waals surface area (Å²) in [5.74, 6) is 6.58. The first-order valence-electron chi connectivity index (χ1n) is 8.15. The molecule has 0 spiro atoms. The van der Waals surface area contributed by atoms with Crippen molar-refractivity contribution in [3.05, 3.63) is 40.9 Å². The van der Waals surface area contributed by atoms with Crippen LogP contribution in [0.15, 0.2) is 29.6 Å². The SMILES string of the molecule is CC1CCCC1c1cccc2cc(-c3nc(C(=O)O)cs3)n(N)c12. The Labute approximate surface area is 143 Å². The van der Waals surface area contributed by atoms with E-state index in [1.54, 1.807) is 10.1 Å². The fourth-order valence-electron chi connectivity index (χ4n) is 3.87. The Morgan fingerprint density at radius 1 is 1.42 bits per heavy atom. The highest BCUT2D eigenvalue weighted by atomic mass is 32.1. The Morgan fingerprint density at radius 3 is 2.92 bits per heavy atom. The summed E-state index contributed by atoms with van der Waals surface area (Å²) in [6.07, 6.45) is 3.71. The number of hydrogen-bond acceptors (Lipinski definition) is 4. The molecule has 0 aliphatic heterocycles. The van der Waals surface area contributed by atoms with Crippen LogP contribution in [-0.2, 0) is 0 Å². The van der Waals surface area contributed by atoms with Crippen LogP contribution in [-0.4, -0.2) is 20.7 Å². The lowest BCUT2D eigenvalue weighted by molar-refractivity contribution is 0.0691. The molecule has 1 aliphatic rings. The number of aromatic nitrogens is 2. The van der Waals surface area contributed by atoms with Gasteiger partial charge in [0.05, 0.1) is 11.2 Å². The van der Waals surface area contributed by atoms with E-state index in [9.17, 15) is 4.79 Å². The zero-order chi connectivity index (χ0) is 16.8. The molecule has 2 heterocycles. The minimum Gasteiger partial charge on any atom is -0.476 e. The van der Waals surface area contributed by atoms with Gasteiger partial charge in [-0.05, 0) is 29.9 Å². The molecule has 5 nitrogen and oxygen atoms in total. The summed E-state index contributed by atoms with van der Waals surface area (Å²) < 4.78 is 1.68. The topological polar surface area (TPSA) is 81.1 Å². The number of fused-ring (bicyclic) bond motifs is 1. The molecule has 3 N–H and O–H groups in total. The zero-order valence-electron chi connectivity index (χ0n) is 13.4. The van der Waals surface area contributed by atoms with Gasteiger partial charge in [-0.3, -0.25) is 4.68 Å². The normalized spacial score (nSPS) is 20.7. The van der Waals surface area contributed by atoms with Gasteiger partial charge in [-0.15, -0.1) is 11.3 Å². The highest BCUT2D eigenvalue weighted by molar-refractivity contribution is 7.13. The number of thiazole rings is 1. The summed E-state index contributed by atoms with van der Waals surface area (Å²) in [6.45, 7) is 2.31. The average Bonchev–Trinajstić information content (AvgIpc) is 3.26. The summed E-state index contributed by atoms with van der Waals surface area (Å²) in [7, 11) is 0. The molecule has 4 rings (SSSR count). The summed E-state index contributed by atoms with van der Waals surface area (Å²) in [4.78, 5) is 15.3. The van der Waals surface area contributed by atoms with Crippen LogP contribution in [0.2, 0.25) is 0 Å². The van der Waals surface area contributed by atoms with E-state index in [2.05, 4.69) is 30.1 Å². The number of hydrogen-bond donors (Lipinski definition) is 2. The highest BCUT2D eigenvalue weighted by Crippen LogP contribution is 2.42. The maximum Gasteiger partial charge on any atom is 0.355 e. The van der Waals surface area contributed by atoms with E-state index in [0.29, 0.717) is 16.8 Å². The smallest absolute Gasteiger partial charge is 0.355 e. The van der Waals surface area contributed by atoms with E-state index in [4.69, 9.17) is 10.9 Å². The van der Waals surface area contributed by atoms with Crippen LogP contribution in [0, 0.1) is 5.92 Å². The molecular formula is C18H19N3O2S. The van der Waals surface area contributed by atoms with Crippen molar-refractivity contribution < 1.29 is 9.90 Å². The Kier molecular flexibility index (Phi) is 3.57. The molecule has 0 bridgehead atoms. The second-order valence-corrected chi connectivity index (χ2v) is 7.40. The summed E-state index contributed by atoms with van der Waals surface area (Å²) in [5, 5.41) is 12.3. The lowest BCUT2D eigenvalue weighted by Gasteiger charge is -2.18. The molecule has 2 atom stereocenters. The lowest BCUT2D eigenvalue weighted by atomic mass is 9.89. The number of rotatable bonds is 3. The van der Waals surface area contributed by atoms with Crippen molar-refractivity contribution in [2.24, 2.45) is 5.92 Å². The monoisotopic (exact) mass is 341 g/mol. The quantitative estimate of drug-likeness (QED) is 0.703. The van der Waals surface area contributed by atoms with Gasteiger partial charge < -0.3 is 10.9 Å². The first-order valence-corrected chi connectivity index (χ1v) is 9.03. The van der Waals surface area contributed by atoms with E-state index in [-0.39, 0.29) is 5.69 Å². The summed E-state index contributed by atoms with van der Waals surface area (Å²) in [5.41, 5.74) is 3.16. The number of aromatic carboxylic acids is 1. The molecule has 24 heavy (non-hydrogen) atoms. The van der Waals surface area contributed by atoms with Crippen molar-refractivity contribution in [1.29, 1.82) is 0 Å². The van der Waals surface area contributed by atoms with Crippen molar-refractivity contribution in [3.63, 3.8) is 0 Å². The number of nitrogens with zero attached hydrogens (tertiary/aromatic N) is 2. The van der Waals surface area contributed by atoms with Crippen molar-refractivity contribution in [1.82, 2.24) is 9.66 Å². The number of carboxylic acids is 1. The van der Waals surface area contributed by atoms with E-state index < -0.39 is 5.97 Å². The first kappa shape index (κ1) is 15.2. The van der Waals surface area contributed by atoms with Gasteiger partial charge in [-0.2, -0.15) is 0 Å². The highest BCUT2D eigenvalue weighted by Gasteiger charge is 2.28. The van der Waals surface area contributed by atoms with Crippen molar-refractivity contribution >= 4 is 28.2 Å². The second-order valence-electron chi connectivity index (χ2n) is 6.54. The third kappa shape index (κ3) is 2.29. The Morgan fingerprint density at radius 2 is 2.25 bits per heavy atom. The fourth-order valence-corrected chi connectivity index (χ4v) is 4.68. The molecule has 3 aromatic rings. The van der Waals surface area contributed by atoms with E-state index in [1.165, 1.54) is 36.2 Å². The van der Waals surface area contributed by atoms with Crippen LogP contribution in [0.1, 0.15) is 48.2 Å². The number of nitrogens with two attached hydrogens (primary N) is 1. The molecule has 2 aromatic heterocycles. The molecule has 1 aliphatic carbocycles. The molecule has 124 valence electrons. The average molecular weight is 341 g/mol. The number of benzene rings is 1. The third-order valence-electron chi connectivity index (χ3n) is 5.09. The third-order valence-corrected chi connectivity index (χ3v) is 5.96. The number of carbonyl (C=O) groups is 1. The number of nitrogen functional groups attached to an aromatic ring is 1.